The first-order chi connectivity index (χ1) is 38.7. The first-order valence-corrected chi connectivity index (χ1v) is 26.1. The van der Waals surface area contributed by atoms with Gasteiger partial charge in [0.1, 0.15) is 0 Å². The zero-order chi connectivity index (χ0) is 52.0. The van der Waals surface area contributed by atoms with Crippen molar-refractivity contribution in [2.45, 2.75) is 0 Å². The Morgan fingerprint density at radius 3 is 0.430 bits per heavy atom. The molecular formula is C72H48FeN6+2. The molecule has 0 aliphatic heterocycles. The van der Waals surface area contributed by atoms with Gasteiger partial charge in [-0.05, 0) is 103 Å². The first-order valence-electron chi connectivity index (χ1n) is 26.1. The Labute approximate surface area is 468 Å². The second-order valence-corrected chi connectivity index (χ2v) is 18.9. The van der Waals surface area contributed by atoms with E-state index >= 15 is 0 Å². The van der Waals surface area contributed by atoms with Crippen molar-refractivity contribution >= 4 is 65.4 Å². The van der Waals surface area contributed by atoms with E-state index in [1.165, 1.54) is 66.8 Å². The Morgan fingerprint density at radius 1 is 0.152 bits per heavy atom. The summed E-state index contributed by atoms with van der Waals surface area (Å²) in [5, 5.41) is 6.77. The van der Waals surface area contributed by atoms with Crippen LogP contribution in [-0.2, 0) is 17.1 Å². The molecule has 6 aromatic heterocycles. The molecule has 0 aliphatic carbocycles. The Bertz CT molecular complexity index is 3820. The molecule has 6 nitrogen and oxygen atoms in total. The first kappa shape index (κ1) is 49.8. The predicted octanol–water partition coefficient (Wildman–Crippen LogP) is 18.3. The molecule has 0 fully saturated rings. The number of benzene rings is 9. The van der Waals surface area contributed by atoms with Crippen molar-refractivity contribution in [2.75, 3.05) is 0 Å². The molecule has 0 saturated carbocycles. The molecule has 0 bridgehead atoms. The largest absolute Gasteiger partial charge is 2.00 e. The number of hydrogen-bond acceptors (Lipinski definition) is 6. The van der Waals surface area contributed by atoms with Crippen LogP contribution in [-0.4, -0.2) is 29.9 Å². The Balaban J connectivity index is 0.000000118. The van der Waals surface area contributed by atoms with Crippen LogP contribution >= 0.6 is 0 Å². The van der Waals surface area contributed by atoms with E-state index in [9.17, 15) is 0 Å². The fraction of sp³-hybridized carbons (Fsp3) is 0. The summed E-state index contributed by atoms with van der Waals surface area (Å²) in [6.45, 7) is 0. The SMILES string of the molecule is [Fe+2].c1ccc(-c2ccnc3c2ccc2c(-c4ccccc4)ccnc23)cc1.c1ccc(-c2ccnc3c2ccc2c(-c4ccccc4)ccnc23)cc1.c1ccc(-c2ccnc3c2ccc2c(-c4ccccc4)ccnc23)cc1. The van der Waals surface area contributed by atoms with Gasteiger partial charge in [-0.1, -0.05) is 218 Å². The summed E-state index contributed by atoms with van der Waals surface area (Å²) in [5.74, 6) is 0. The van der Waals surface area contributed by atoms with E-state index in [4.69, 9.17) is 0 Å². The third-order valence-corrected chi connectivity index (χ3v) is 14.4. The zero-order valence-electron chi connectivity index (χ0n) is 42.7. The molecule has 0 unspecified atom stereocenters. The maximum Gasteiger partial charge on any atom is 2.00 e. The molecule has 0 spiro atoms. The van der Waals surface area contributed by atoms with Gasteiger partial charge in [-0.3, -0.25) is 29.9 Å². The number of fused-ring (bicyclic) bond motifs is 9. The zero-order valence-corrected chi connectivity index (χ0v) is 43.9. The van der Waals surface area contributed by atoms with Gasteiger partial charge >= 0.3 is 17.1 Å². The van der Waals surface area contributed by atoms with Gasteiger partial charge in [-0.2, -0.15) is 0 Å². The monoisotopic (exact) mass is 1050 g/mol. The minimum Gasteiger partial charge on any atom is -0.254 e. The molecule has 0 radical (unpaired) electrons. The molecule has 6 heterocycles. The molecule has 0 atom stereocenters. The third kappa shape index (κ3) is 9.88. The second-order valence-electron chi connectivity index (χ2n) is 18.9. The van der Waals surface area contributed by atoms with Gasteiger partial charge in [-0.25, -0.2) is 0 Å². The van der Waals surface area contributed by atoms with Crippen LogP contribution in [0.15, 0.2) is 292 Å². The van der Waals surface area contributed by atoms with Crippen molar-refractivity contribution in [3.8, 4) is 66.8 Å². The smallest absolute Gasteiger partial charge is 0.254 e. The van der Waals surface area contributed by atoms with Gasteiger partial charge in [0.05, 0.1) is 33.1 Å². The van der Waals surface area contributed by atoms with Crippen LogP contribution in [0, 0.1) is 0 Å². The van der Waals surface area contributed by atoms with Crippen LogP contribution in [0.25, 0.3) is 132 Å². The van der Waals surface area contributed by atoms with Gasteiger partial charge in [0.25, 0.3) is 0 Å². The van der Waals surface area contributed by atoms with E-state index in [2.05, 4.69) is 248 Å². The molecule has 0 N–H and O–H groups in total. The molecule has 15 rings (SSSR count). The van der Waals surface area contributed by atoms with Gasteiger partial charge in [-0.15, -0.1) is 0 Å². The molecule has 9 aromatic carbocycles. The van der Waals surface area contributed by atoms with E-state index in [0.717, 1.165) is 65.4 Å². The number of aromatic nitrogens is 6. The van der Waals surface area contributed by atoms with Gasteiger partial charge in [0.2, 0.25) is 0 Å². The van der Waals surface area contributed by atoms with E-state index in [1.807, 2.05) is 73.6 Å². The fourth-order valence-corrected chi connectivity index (χ4v) is 10.7. The Morgan fingerprint density at radius 2 is 0.291 bits per heavy atom. The Kier molecular flexibility index (Phi) is 14.3. The van der Waals surface area contributed by atoms with Crippen LogP contribution in [0.1, 0.15) is 0 Å². The molecule has 372 valence electrons. The summed E-state index contributed by atoms with van der Waals surface area (Å²) >= 11 is 0. The van der Waals surface area contributed by atoms with Crippen molar-refractivity contribution in [1.82, 2.24) is 29.9 Å². The fourth-order valence-electron chi connectivity index (χ4n) is 10.7. The normalized spacial score (nSPS) is 10.9. The summed E-state index contributed by atoms with van der Waals surface area (Å²) in [4.78, 5) is 28.0. The second kappa shape index (κ2) is 22.7. The molecule has 0 amide bonds. The van der Waals surface area contributed by atoms with Crippen LogP contribution in [0.3, 0.4) is 0 Å². The minimum atomic E-state index is 0. The quantitative estimate of drug-likeness (QED) is 0.122. The molecule has 0 aliphatic rings. The maximum absolute atomic E-state index is 4.67. The molecule has 79 heavy (non-hydrogen) atoms. The predicted molar refractivity (Wildman–Crippen MR) is 324 cm³/mol. The van der Waals surface area contributed by atoms with Crippen LogP contribution in [0.5, 0.6) is 0 Å². The van der Waals surface area contributed by atoms with Crippen molar-refractivity contribution in [1.29, 1.82) is 0 Å². The van der Waals surface area contributed by atoms with Crippen LogP contribution in [0.2, 0.25) is 0 Å². The number of rotatable bonds is 6. The maximum atomic E-state index is 4.67. The standard InChI is InChI=1S/3C24H16N2.Fe/c3*1-3-7-17(8-4-1)19-13-15-25-23-21(19)11-12-22-20(14-16-26-24(22)23)18-9-5-2-6-10-18;/h3*1-16H;/q;;;+2. The topological polar surface area (TPSA) is 77.3 Å². The van der Waals surface area contributed by atoms with Crippen molar-refractivity contribution in [2.24, 2.45) is 0 Å². The van der Waals surface area contributed by atoms with Crippen LogP contribution in [0.4, 0.5) is 0 Å². The van der Waals surface area contributed by atoms with E-state index in [-0.39, 0.29) is 17.1 Å². The summed E-state index contributed by atoms with van der Waals surface area (Å²) in [6.07, 6.45) is 11.3. The van der Waals surface area contributed by atoms with Gasteiger partial charge < -0.3 is 0 Å². The van der Waals surface area contributed by atoms with Gasteiger partial charge in [0.15, 0.2) is 0 Å². The van der Waals surface area contributed by atoms with Crippen LogP contribution < -0.4 is 0 Å². The summed E-state index contributed by atoms with van der Waals surface area (Å²) in [6, 6.07) is 88.0. The summed E-state index contributed by atoms with van der Waals surface area (Å²) in [5.41, 5.74) is 19.9. The van der Waals surface area contributed by atoms with E-state index in [1.54, 1.807) is 0 Å². The molecule has 15 aromatic rings. The number of nitrogens with zero attached hydrogens (tertiary/aromatic N) is 6. The molecule has 0 saturated heterocycles. The van der Waals surface area contributed by atoms with Crippen molar-refractivity contribution < 1.29 is 17.1 Å². The van der Waals surface area contributed by atoms with Crippen molar-refractivity contribution in [3.05, 3.63) is 292 Å². The van der Waals surface area contributed by atoms with Gasteiger partial charge in [0, 0.05) is 69.5 Å². The minimum absolute atomic E-state index is 0. The number of hydrogen-bond donors (Lipinski definition) is 0. The summed E-state index contributed by atoms with van der Waals surface area (Å²) in [7, 11) is 0. The van der Waals surface area contributed by atoms with E-state index < -0.39 is 0 Å². The average molecular weight is 1050 g/mol. The molecular weight excluding hydrogens is 1000 g/mol. The van der Waals surface area contributed by atoms with E-state index in [0.29, 0.717) is 0 Å². The number of pyridine rings is 6. The average Bonchev–Trinajstić information content (AvgIpc) is 3.63. The third-order valence-electron chi connectivity index (χ3n) is 14.4. The Hall–Kier alpha value is -10.0. The summed E-state index contributed by atoms with van der Waals surface area (Å²) < 4.78 is 0. The molecule has 7 heteroatoms. The van der Waals surface area contributed by atoms with Crippen molar-refractivity contribution in [3.63, 3.8) is 0 Å².